The SMILES string of the molecule is O=C(COC(=O)c1coc(-c2ccc(Br)cc2F)n1)NCCSc1ccc(Cl)cc1. The zero-order valence-electron chi connectivity index (χ0n) is 15.4. The highest BCUT2D eigenvalue weighted by molar-refractivity contribution is 9.10. The van der Waals surface area contributed by atoms with Crippen molar-refractivity contribution in [2.75, 3.05) is 18.9 Å². The summed E-state index contributed by atoms with van der Waals surface area (Å²) in [5.74, 6) is -1.25. The number of esters is 1. The van der Waals surface area contributed by atoms with Gasteiger partial charge in [0.1, 0.15) is 12.1 Å². The van der Waals surface area contributed by atoms with Crippen molar-refractivity contribution >= 4 is 51.2 Å². The van der Waals surface area contributed by atoms with Crippen molar-refractivity contribution in [3.05, 3.63) is 69.7 Å². The zero-order chi connectivity index (χ0) is 21.5. The van der Waals surface area contributed by atoms with Gasteiger partial charge in [0.25, 0.3) is 5.91 Å². The van der Waals surface area contributed by atoms with E-state index in [0.29, 0.717) is 21.8 Å². The normalized spacial score (nSPS) is 10.6. The summed E-state index contributed by atoms with van der Waals surface area (Å²) < 4.78 is 24.6. The molecule has 30 heavy (non-hydrogen) atoms. The van der Waals surface area contributed by atoms with E-state index in [9.17, 15) is 14.0 Å². The van der Waals surface area contributed by atoms with Crippen LogP contribution in [0, 0.1) is 5.82 Å². The Kier molecular flexibility index (Phi) is 7.89. The van der Waals surface area contributed by atoms with Crippen LogP contribution in [-0.4, -0.2) is 35.8 Å². The minimum Gasteiger partial charge on any atom is -0.451 e. The van der Waals surface area contributed by atoms with Gasteiger partial charge >= 0.3 is 5.97 Å². The van der Waals surface area contributed by atoms with Gasteiger partial charge < -0.3 is 14.5 Å². The van der Waals surface area contributed by atoms with Crippen LogP contribution in [0.5, 0.6) is 0 Å². The van der Waals surface area contributed by atoms with Crippen molar-refractivity contribution in [3.63, 3.8) is 0 Å². The molecule has 0 spiro atoms. The maximum absolute atomic E-state index is 14.0. The van der Waals surface area contributed by atoms with E-state index in [1.807, 2.05) is 12.1 Å². The number of carbonyl (C=O) groups is 2. The second-order valence-electron chi connectivity index (χ2n) is 5.89. The maximum atomic E-state index is 14.0. The molecule has 1 aromatic heterocycles. The third-order valence-corrected chi connectivity index (χ3v) is 5.47. The summed E-state index contributed by atoms with van der Waals surface area (Å²) in [4.78, 5) is 28.8. The molecule has 0 atom stereocenters. The Morgan fingerprint density at radius 1 is 1.23 bits per heavy atom. The summed E-state index contributed by atoms with van der Waals surface area (Å²) in [5, 5.41) is 3.32. The van der Waals surface area contributed by atoms with Crippen LogP contribution in [0.2, 0.25) is 5.02 Å². The molecule has 0 fully saturated rings. The molecule has 0 bridgehead atoms. The molecule has 6 nitrogen and oxygen atoms in total. The van der Waals surface area contributed by atoms with Gasteiger partial charge in [-0.1, -0.05) is 27.5 Å². The smallest absolute Gasteiger partial charge is 0.360 e. The van der Waals surface area contributed by atoms with Crippen LogP contribution < -0.4 is 5.32 Å². The Hall–Kier alpha value is -2.36. The van der Waals surface area contributed by atoms with Gasteiger partial charge in [-0.2, -0.15) is 0 Å². The molecule has 0 aliphatic rings. The maximum Gasteiger partial charge on any atom is 0.360 e. The van der Waals surface area contributed by atoms with Gasteiger partial charge in [0, 0.05) is 26.7 Å². The fraction of sp³-hybridized carbons (Fsp3) is 0.150. The number of ether oxygens (including phenoxy) is 1. The van der Waals surface area contributed by atoms with Crippen molar-refractivity contribution in [1.29, 1.82) is 0 Å². The first-order valence-electron chi connectivity index (χ1n) is 8.65. The van der Waals surface area contributed by atoms with E-state index in [1.165, 1.54) is 12.1 Å². The minimum atomic E-state index is -0.840. The lowest BCUT2D eigenvalue weighted by atomic mass is 10.2. The van der Waals surface area contributed by atoms with Crippen molar-refractivity contribution < 1.29 is 23.1 Å². The predicted molar refractivity (Wildman–Crippen MR) is 115 cm³/mol. The van der Waals surface area contributed by atoms with E-state index in [2.05, 4.69) is 26.2 Å². The van der Waals surface area contributed by atoms with Crippen molar-refractivity contribution in [1.82, 2.24) is 10.3 Å². The van der Waals surface area contributed by atoms with Crippen molar-refractivity contribution in [2.24, 2.45) is 0 Å². The number of halogens is 3. The minimum absolute atomic E-state index is 0.0596. The van der Waals surface area contributed by atoms with Crippen molar-refractivity contribution in [2.45, 2.75) is 4.90 Å². The highest BCUT2D eigenvalue weighted by atomic mass is 79.9. The summed E-state index contributed by atoms with van der Waals surface area (Å²) in [6, 6.07) is 11.7. The first-order valence-corrected chi connectivity index (χ1v) is 10.8. The van der Waals surface area contributed by atoms with Gasteiger partial charge in [-0.3, -0.25) is 4.79 Å². The standard InChI is InChI=1S/C20H15BrClFN2O4S/c21-12-1-6-15(16(23)9-12)19-25-17(10-28-19)20(27)29-11-18(26)24-7-8-30-14-4-2-13(22)3-5-14/h1-6,9-10H,7-8,11H2,(H,24,26). The summed E-state index contributed by atoms with van der Waals surface area (Å²) in [6.45, 7) is -0.0556. The molecular formula is C20H15BrClFN2O4S. The van der Waals surface area contributed by atoms with Gasteiger partial charge in [-0.25, -0.2) is 14.2 Å². The number of oxazole rings is 1. The van der Waals surface area contributed by atoms with E-state index in [-0.39, 0.29) is 17.1 Å². The number of nitrogens with one attached hydrogen (secondary N) is 1. The lowest BCUT2D eigenvalue weighted by molar-refractivity contribution is -0.124. The number of hydrogen-bond donors (Lipinski definition) is 1. The molecule has 1 amide bonds. The summed E-state index contributed by atoms with van der Waals surface area (Å²) in [7, 11) is 0. The third kappa shape index (κ3) is 6.32. The molecule has 156 valence electrons. The van der Waals surface area contributed by atoms with Gasteiger partial charge in [-0.15, -0.1) is 11.8 Å². The van der Waals surface area contributed by atoms with E-state index < -0.39 is 24.3 Å². The Labute approximate surface area is 189 Å². The van der Waals surface area contributed by atoms with E-state index >= 15 is 0 Å². The summed E-state index contributed by atoms with van der Waals surface area (Å²) >= 11 is 10.5. The highest BCUT2D eigenvalue weighted by Crippen LogP contribution is 2.25. The molecule has 3 rings (SSSR count). The molecule has 1 N–H and O–H groups in total. The molecule has 0 saturated carbocycles. The molecule has 3 aromatic rings. The topological polar surface area (TPSA) is 81.4 Å². The number of aromatic nitrogens is 1. The van der Waals surface area contributed by atoms with Gasteiger partial charge in [0.05, 0.1) is 5.56 Å². The average molecular weight is 514 g/mol. The van der Waals surface area contributed by atoms with Crippen LogP contribution in [-0.2, 0) is 9.53 Å². The van der Waals surface area contributed by atoms with Crippen LogP contribution >= 0.6 is 39.3 Å². The number of nitrogens with zero attached hydrogens (tertiary/aromatic N) is 1. The number of carbonyl (C=O) groups excluding carboxylic acids is 2. The van der Waals surface area contributed by atoms with E-state index in [0.717, 1.165) is 11.2 Å². The first kappa shape index (κ1) is 22.3. The van der Waals surface area contributed by atoms with Gasteiger partial charge in [-0.05, 0) is 42.5 Å². The number of rotatable bonds is 8. The van der Waals surface area contributed by atoms with E-state index in [4.69, 9.17) is 20.8 Å². The second kappa shape index (κ2) is 10.6. The predicted octanol–water partition coefficient (Wildman–Crippen LogP) is 4.96. The molecule has 0 aliphatic carbocycles. The van der Waals surface area contributed by atoms with Crippen LogP contribution in [0.25, 0.3) is 11.5 Å². The second-order valence-corrected chi connectivity index (χ2v) is 8.41. The molecular weight excluding hydrogens is 499 g/mol. The summed E-state index contributed by atoms with van der Waals surface area (Å²) in [6.07, 6.45) is 1.06. The van der Waals surface area contributed by atoms with Crippen LogP contribution in [0.4, 0.5) is 4.39 Å². The zero-order valence-corrected chi connectivity index (χ0v) is 18.5. The number of hydrogen-bond acceptors (Lipinski definition) is 6. The Morgan fingerprint density at radius 2 is 2.00 bits per heavy atom. The molecule has 10 heteroatoms. The highest BCUT2D eigenvalue weighted by Gasteiger charge is 2.18. The van der Waals surface area contributed by atoms with Crippen LogP contribution in [0.1, 0.15) is 10.5 Å². The Bertz CT molecular complexity index is 1050. The molecule has 0 unspecified atom stereocenters. The number of benzene rings is 2. The Balaban J connectivity index is 1.42. The lowest BCUT2D eigenvalue weighted by Crippen LogP contribution is -2.30. The first-order chi connectivity index (χ1) is 14.4. The number of amides is 1. The fourth-order valence-corrected chi connectivity index (χ4v) is 3.53. The number of thioether (sulfide) groups is 1. The molecule has 2 aromatic carbocycles. The molecule has 0 aliphatic heterocycles. The molecule has 0 radical (unpaired) electrons. The third-order valence-electron chi connectivity index (χ3n) is 3.72. The van der Waals surface area contributed by atoms with Crippen LogP contribution in [0.15, 0.2) is 62.5 Å². The molecule has 0 saturated heterocycles. The molecule has 1 heterocycles. The largest absolute Gasteiger partial charge is 0.451 e. The average Bonchev–Trinajstić information content (AvgIpc) is 3.20. The quantitative estimate of drug-likeness (QED) is 0.260. The summed E-state index contributed by atoms with van der Waals surface area (Å²) in [5.41, 5.74) is -0.0495. The van der Waals surface area contributed by atoms with Crippen molar-refractivity contribution in [3.8, 4) is 11.5 Å². The van der Waals surface area contributed by atoms with E-state index in [1.54, 1.807) is 30.0 Å². The van der Waals surface area contributed by atoms with Gasteiger partial charge in [0.2, 0.25) is 5.89 Å². The monoisotopic (exact) mass is 512 g/mol. The fourth-order valence-electron chi connectivity index (χ4n) is 2.30. The van der Waals surface area contributed by atoms with Gasteiger partial charge in [0.15, 0.2) is 12.3 Å². The Morgan fingerprint density at radius 3 is 2.73 bits per heavy atom. The van der Waals surface area contributed by atoms with Crippen LogP contribution in [0.3, 0.4) is 0 Å². The lowest BCUT2D eigenvalue weighted by Gasteiger charge is -2.06.